The zero-order valence-electron chi connectivity index (χ0n) is 14.2. The Morgan fingerprint density at radius 3 is 2.67 bits per heavy atom. The molecule has 1 saturated carbocycles. The Balaban J connectivity index is 1.94. The summed E-state index contributed by atoms with van der Waals surface area (Å²) in [6.45, 7) is 0. The molecule has 0 aliphatic heterocycles. The van der Waals surface area contributed by atoms with Crippen LogP contribution in [-0.2, 0) is 0 Å². The fraction of sp³-hybridized carbons (Fsp3) is 0.294. The first kappa shape index (κ1) is 18.4. The van der Waals surface area contributed by atoms with Gasteiger partial charge in [0.05, 0.1) is 15.9 Å². The maximum Gasteiger partial charge on any atom is 0.280 e. The van der Waals surface area contributed by atoms with Crippen molar-refractivity contribution in [1.82, 2.24) is 4.98 Å². The molecule has 0 bridgehead atoms. The Kier molecular flexibility index (Phi) is 5.34. The minimum atomic E-state index is -0.663. The minimum absolute atomic E-state index is 0.227. The Morgan fingerprint density at radius 2 is 1.96 bits per heavy atom. The maximum absolute atomic E-state index is 13.2. The summed E-state index contributed by atoms with van der Waals surface area (Å²) in [5, 5.41) is 26.7. The van der Waals surface area contributed by atoms with E-state index in [1.54, 1.807) is 6.07 Å². The smallest absolute Gasteiger partial charge is 0.261 e. The van der Waals surface area contributed by atoms with Gasteiger partial charge in [-0.3, -0.25) is 25.7 Å². The first-order chi connectivity index (χ1) is 13.0. The highest BCUT2D eigenvalue weighted by atomic mass is 19.1. The van der Waals surface area contributed by atoms with Crippen LogP contribution in [-0.4, -0.2) is 20.5 Å². The average molecular weight is 373 g/mol. The van der Waals surface area contributed by atoms with Gasteiger partial charge in [-0.25, -0.2) is 4.98 Å². The van der Waals surface area contributed by atoms with E-state index >= 15 is 0 Å². The van der Waals surface area contributed by atoms with Crippen molar-refractivity contribution in [2.45, 2.75) is 31.6 Å². The third-order valence-corrected chi connectivity index (χ3v) is 4.40. The summed E-state index contributed by atoms with van der Waals surface area (Å²) in [6, 6.07) is 7.91. The summed E-state index contributed by atoms with van der Waals surface area (Å²) in [4.78, 5) is 24.8. The van der Waals surface area contributed by atoms with Crippen LogP contribution in [0, 0.1) is 26.2 Å². The zero-order valence-corrected chi connectivity index (χ0v) is 14.2. The monoisotopic (exact) mass is 373 g/mol. The number of halogens is 1. The molecule has 1 atom stereocenters. The van der Waals surface area contributed by atoms with Crippen LogP contribution in [0.3, 0.4) is 0 Å². The molecule has 1 unspecified atom stereocenters. The largest absolute Gasteiger partial charge is 0.280 e. The number of nitro groups is 2. The maximum atomic E-state index is 13.2. The van der Waals surface area contributed by atoms with Crippen LogP contribution in [0.2, 0.25) is 0 Å². The first-order valence-corrected chi connectivity index (χ1v) is 8.33. The Labute approximate surface area is 153 Å². The lowest BCUT2D eigenvalue weighted by atomic mass is 9.81. The number of non-ortho nitro benzene ring substituents is 1. The number of rotatable bonds is 5. The fourth-order valence-electron chi connectivity index (χ4n) is 3.16. The van der Waals surface area contributed by atoms with Crippen molar-refractivity contribution in [2.75, 3.05) is 5.43 Å². The number of nitro benzene ring substituents is 2. The van der Waals surface area contributed by atoms with Crippen molar-refractivity contribution in [2.24, 2.45) is 5.10 Å². The second kappa shape index (κ2) is 7.85. The molecule has 1 aliphatic carbocycles. The number of pyridine rings is 1. The quantitative estimate of drug-likeness (QED) is 0.477. The normalized spacial score (nSPS) is 18.3. The third-order valence-electron chi connectivity index (χ3n) is 4.40. The average Bonchev–Trinajstić information content (AvgIpc) is 2.66. The molecule has 0 saturated heterocycles. The molecule has 9 nitrogen and oxygen atoms in total. The minimum Gasteiger partial charge on any atom is -0.261 e. The van der Waals surface area contributed by atoms with Gasteiger partial charge in [-0.15, -0.1) is 0 Å². The molecular weight excluding hydrogens is 357 g/mol. The number of nitrogens with zero attached hydrogens (tertiary/aromatic N) is 4. The summed E-state index contributed by atoms with van der Waals surface area (Å²) in [7, 11) is 0. The lowest BCUT2D eigenvalue weighted by molar-refractivity contribution is -0.394. The van der Waals surface area contributed by atoms with Gasteiger partial charge in [0.25, 0.3) is 11.4 Å². The van der Waals surface area contributed by atoms with E-state index in [9.17, 15) is 24.6 Å². The van der Waals surface area contributed by atoms with Gasteiger partial charge in [-0.05, 0) is 37.5 Å². The number of anilines is 1. The number of hydrogen-bond acceptors (Lipinski definition) is 7. The van der Waals surface area contributed by atoms with Crippen LogP contribution < -0.4 is 5.43 Å². The summed E-state index contributed by atoms with van der Waals surface area (Å²) < 4.78 is 13.2. The van der Waals surface area contributed by atoms with Gasteiger partial charge in [0.1, 0.15) is 5.82 Å². The number of aromatic nitrogens is 1. The van der Waals surface area contributed by atoms with E-state index in [0.717, 1.165) is 18.9 Å². The zero-order chi connectivity index (χ0) is 19.4. The number of hydrogen-bond donors (Lipinski definition) is 1. The van der Waals surface area contributed by atoms with Crippen molar-refractivity contribution in [1.29, 1.82) is 0 Å². The molecule has 1 N–H and O–H groups in total. The van der Waals surface area contributed by atoms with E-state index in [2.05, 4.69) is 15.5 Å². The molecule has 10 heteroatoms. The number of hydrazone groups is 1. The highest BCUT2D eigenvalue weighted by Crippen LogP contribution is 2.37. The van der Waals surface area contributed by atoms with Crippen LogP contribution >= 0.6 is 0 Å². The molecule has 1 aromatic heterocycles. The molecule has 0 radical (unpaired) electrons. The van der Waals surface area contributed by atoms with Crippen molar-refractivity contribution >= 4 is 22.9 Å². The molecular formula is C17H16FN5O4. The van der Waals surface area contributed by atoms with Gasteiger partial charge in [0.2, 0.25) is 5.95 Å². The topological polar surface area (TPSA) is 124 Å². The van der Waals surface area contributed by atoms with Crippen molar-refractivity contribution in [3.8, 4) is 0 Å². The summed E-state index contributed by atoms with van der Waals surface area (Å²) in [5.41, 5.74) is 3.12. The van der Waals surface area contributed by atoms with Gasteiger partial charge in [-0.1, -0.05) is 12.5 Å². The second-order valence-electron chi connectivity index (χ2n) is 6.12. The van der Waals surface area contributed by atoms with Crippen molar-refractivity contribution < 1.29 is 14.2 Å². The summed E-state index contributed by atoms with van der Waals surface area (Å²) in [6.07, 6.45) is 2.97. The van der Waals surface area contributed by atoms with Gasteiger partial charge < -0.3 is 0 Å². The van der Waals surface area contributed by atoms with E-state index < -0.39 is 15.8 Å². The standard InChI is InChI=1S/C17H16FN5O4/c18-16-6-3-7-17(19-16)21-20-14-5-2-1-4-12(14)13-9-8-11(22(24)25)10-15(13)23(26)27/h3,6-10,12H,1-2,4-5H2,(H,19,21)/b20-14-. The molecule has 0 amide bonds. The summed E-state index contributed by atoms with van der Waals surface area (Å²) in [5.74, 6) is -0.766. The third kappa shape index (κ3) is 4.22. The summed E-state index contributed by atoms with van der Waals surface area (Å²) >= 11 is 0. The lowest BCUT2D eigenvalue weighted by Crippen LogP contribution is -2.20. The van der Waals surface area contributed by atoms with E-state index in [1.807, 2.05) is 0 Å². The fourth-order valence-corrected chi connectivity index (χ4v) is 3.16. The van der Waals surface area contributed by atoms with E-state index in [-0.39, 0.29) is 23.1 Å². The predicted octanol–water partition coefficient (Wildman–Crippen LogP) is 4.16. The number of benzene rings is 1. The number of nitrogens with one attached hydrogen (secondary N) is 1. The van der Waals surface area contributed by atoms with Crippen LogP contribution in [0.1, 0.15) is 37.2 Å². The molecule has 1 fully saturated rings. The first-order valence-electron chi connectivity index (χ1n) is 8.33. The highest BCUT2D eigenvalue weighted by Gasteiger charge is 2.30. The van der Waals surface area contributed by atoms with Gasteiger partial charge in [0, 0.05) is 23.3 Å². The second-order valence-corrected chi connectivity index (χ2v) is 6.12. The molecule has 140 valence electrons. The molecule has 1 heterocycles. The highest BCUT2D eigenvalue weighted by molar-refractivity contribution is 5.93. The van der Waals surface area contributed by atoms with Crippen molar-refractivity contribution in [3.05, 3.63) is 68.1 Å². The van der Waals surface area contributed by atoms with E-state index in [4.69, 9.17) is 0 Å². The molecule has 27 heavy (non-hydrogen) atoms. The SMILES string of the molecule is O=[N+]([O-])c1ccc(C2CCCC/C2=N/Nc2cccc(F)n2)c([N+](=O)[O-])c1. The predicted molar refractivity (Wildman–Crippen MR) is 96.2 cm³/mol. The Bertz CT molecular complexity index is 918. The lowest BCUT2D eigenvalue weighted by Gasteiger charge is -2.24. The molecule has 1 aliphatic rings. The van der Waals surface area contributed by atoms with Gasteiger partial charge >= 0.3 is 0 Å². The van der Waals surface area contributed by atoms with Crippen LogP contribution in [0.15, 0.2) is 41.5 Å². The Morgan fingerprint density at radius 1 is 1.15 bits per heavy atom. The van der Waals surface area contributed by atoms with E-state index in [1.165, 1.54) is 24.3 Å². The van der Waals surface area contributed by atoms with E-state index in [0.29, 0.717) is 24.1 Å². The Hall–Kier alpha value is -3.43. The van der Waals surface area contributed by atoms with Gasteiger partial charge in [-0.2, -0.15) is 9.49 Å². The van der Waals surface area contributed by atoms with Crippen LogP contribution in [0.4, 0.5) is 21.6 Å². The molecule has 2 aromatic rings. The van der Waals surface area contributed by atoms with Crippen molar-refractivity contribution in [3.63, 3.8) is 0 Å². The molecule has 1 aromatic carbocycles. The molecule has 3 rings (SSSR count). The van der Waals surface area contributed by atoms with Gasteiger partial charge in [0.15, 0.2) is 0 Å². The molecule has 0 spiro atoms. The van der Waals surface area contributed by atoms with Crippen LogP contribution in [0.5, 0.6) is 0 Å². The van der Waals surface area contributed by atoms with Crippen LogP contribution in [0.25, 0.3) is 0 Å².